The van der Waals surface area contributed by atoms with E-state index >= 15 is 0 Å². The molecular formula is C6H10N2O. The second-order valence-corrected chi connectivity index (χ2v) is 2.40. The molecule has 50 valence electrons. The first-order valence-electron chi connectivity index (χ1n) is 2.66. The highest BCUT2D eigenvalue weighted by Gasteiger charge is 2.10. The van der Waals surface area contributed by atoms with E-state index in [4.69, 9.17) is 5.26 Å². The predicted octanol–water partition coefficient (Wildman–Crippen LogP) is -0.0940. The Labute approximate surface area is 54.6 Å². The largest absolute Gasteiger partial charge is 0.635 e. The third-order valence-electron chi connectivity index (χ3n) is 0.891. The van der Waals surface area contributed by atoms with Crippen LogP contribution in [0.2, 0.25) is 0 Å². The first-order chi connectivity index (χ1) is 4.12. The summed E-state index contributed by atoms with van der Waals surface area (Å²) in [4.78, 5) is 0. The predicted molar refractivity (Wildman–Crippen MR) is 34.1 cm³/mol. The van der Waals surface area contributed by atoms with Gasteiger partial charge in [-0.05, 0) is 19.9 Å². The summed E-state index contributed by atoms with van der Waals surface area (Å²) in [6.07, 6.45) is 2.88. The van der Waals surface area contributed by atoms with Crippen LogP contribution in [0, 0.1) is 16.5 Å². The highest BCUT2D eigenvalue weighted by atomic mass is 16.5. The second kappa shape index (κ2) is 3.23. The number of quaternary nitrogens is 1. The molecule has 2 N–H and O–H groups in total. The summed E-state index contributed by atoms with van der Waals surface area (Å²) in [5.41, 5.74) is 0.316. The Morgan fingerprint density at radius 1 is 1.67 bits per heavy atom. The van der Waals surface area contributed by atoms with E-state index in [1.54, 1.807) is 19.9 Å². The maximum Gasteiger partial charge on any atom is 0.110 e. The van der Waals surface area contributed by atoms with Gasteiger partial charge in [-0.3, -0.25) is 0 Å². The van der Waals surface area contributed by atoms with Crippen molar-refractivity contribution in [1.82, 2.24) is 0 Å². The Morgan fingerprint density at radius 2 is 2.22 bits per heavy atom. The van der Waals surface area contributed by atoms with Crippen LogP contribution in [0.5, 0.6) is 0 Å². The molecule has 3 nitrogen and oxygen atoms in total. The van der Waals surface area contributed by atoms with Gasteiger partial charge in [0.1, 0.15) is 5.54 Å². The zero-order chi connectivity index (χ0) is 7.33. The summed E-state index contributed by atoms with van der Waals surface area (Å²) >= 11 is 0. The molecule has 0 aliphatic carbocycles. The normalized spacial score (nSPS) is 11.8. The van der Waals surface area contributed by atoms with Gasteiger partial charge in [-0.25, -0.2) is 0 Å². The maximum absolute atomic E-state index is 10.2. The molecule has 0 bridgehead atoms. The lowest BCUT2D eigenvalue weighted by molar-refractivity contribution is -0.649. The molecule has 0 aromatic carbocycles. The van der Waals surface area contributed by atoms with Crippen LogP contribution in [-0.2, 0) is 0 Å². The van der Waals surface area contributed by atoms with Gasteiger partial charge >= 0.3 is 0 Å². The van der Waals surface area contributed by atoms with Gasteiger partial charge in [-0.15, -0.1) is 0 Å². The van der Waals surface area contributed by atoms with E-state index in [1.165, 1.54) is 6.08 Å². The van der Waals surface area contributed by atoms with E-state index in [1.807, 2.05) is 6.07 Å². The number of hydrogen-bond acceptors (Lipinski definition) is 2. The number of hydrogen-bond donors (Lipinski definition) is 1. The lowest BCUT2D eigenvalue weighted by Gasteiger charge is -2.19. The number of hydroxylamine groups is 1. The lowest BCUT2D eigenvalue weighted by atomic mass is 10.1. The monoisotopic (exact) mass is 126 g/mol. The smallest absolute Gasteiger partial charge is 0.110 e. The van der Waals surface area contributed by atoms with Gasteiger partial charge < -0.3 is 10.7 Å². The molecular weight excluding hydrogens is 116 g/mol. The van der Waals surface area contributed by atoms with Crippen molar-refractivity contribution in [3.05, 3.63) is 17.4 Å². The molecule has 0 spiro atoms. The second-order valence-electron chi connectivity index (χ2n) is 2.40. The summed E-state index contributed by atoms with van der Waals surface area (Å²) in [6.45, 7) is 3.49. The van der Waals surface area contributed by atoms with Gasteiger partial charge in [-0.1, -0.05) is 0 Å². The van der Waals surface area contributed by atoms with E-state index in [9.17, 15) is 5.21 Å². The minimum Gasteiger partial charge on any atom is -0.635 e. The highest BCUT2D eigenvalue weighted by Crippen LogP contribution is 1.94. The third kappa shape index (κ3) is 3.71. The van der Waals surface area contributed by atoms with Gasteiger partial charge in [0, 0.05) is 6.08 Å². The summed E-state index contributed by atoms with van der Waals surface area (Å²) < 4.78 is 0. The molecule has 0 atom stereocenters. The molecule has 0 amide bonds. The molecule has 0 aromatic rings. The van der Waals surface area contributed by atoms with Crippen molar-refractivity contribution in [3.8, 4) is 6.07 Å². The van der Waals surface area contributed by atoms with Crippen LogP contribution in [0.15, 0.2) is 12.2 Å². The van der Waals surface area contributed by atoms with Crippen LogP contribution < -0.4 is 5.48 Å². The van der Waals surface area contributed by atoms with Gasteiger partial charge in [0.2, 0.25) is 0 Å². The van der Waals surface area contributed by atoms with Crippen molar-refractivity contribution in [1.29, 1.82) is 5.26 Å². The Hall–Kier alpha value is -0.850. The first-order valence-corrected chi connectivity index (χ1v) is 2.66. The Balaban J connectivity index is 3.89. The summed E-state index contributed by atoms with van der Waals surface area (Å²) in [5.74, 6) is 0. The average molecular weight is 126 g/mol. The van der Waals surface area contributed by atoms with Crippen molar-refractivity contribution in [2.45, 2.75) is 19.4 Å². The van der Waals surface area contributed by atoms with E-state index < -0.39 is 5.54 Å². The maximum atomic E-state index is 10.2. The molecule has 0 saturated carbocycles. The highest BCUT2D eigenvalue weighted by molar-refractivity contribution is 5.07. The molecule has 0 unspecified atom stereocenters. The number of nitrogens with two attached hydrogens (primary N) is 1. The van der Waals surface area contributed by atoms with Gasteiger partial charge in [0.15, 0.2) is 0 Å². The van der Waals surface area contributed by atoms with Crippen LogP contribution in [-0.4, -0.2) is 5.54 Å². The Bertz CT molecular complexity index is 144. The fourth-order valence-corrected chi connectivity index (χ4v) is 0.291. The average Bonchev–Trinajstić information content (AvgIpc) is 1.84. The third-order valence-corrected chi connectivity index (χ3v) is 0.891. The number of rotatable bonds is 2. The number of nitriles is 1. The minimum absolute atomic E-state index is 0.490. The molecule has 0 rings (SSSR count). The Kier molecular flexibility index (Phi) is 2.93. The molecule has 0 fully saturated rings. The van der Waals surface area contributed by atoms with Crippen molar-refractivity contribution in [3.63, 3.8) is 0 Å². The SMILES string of the molecule is CC(C)(C=CC#N)[NH2+][O-]. The van der Waals surface area contributed by atoms with Crippen LogP contribution in [0.3, 0.4) is 0 Å². The lowest BCUT2D eigenvalue weighted by Crippen LogP contribution is -2.89. The molecule has 9 heavy (non-hydrogen) atoms. The minimum atomic E-state index is -0.490. The number of nitrogens with zero attached hydrogens (tertiary/aromatic N) is 1. The van der Waals surface area contributed by atoms with E-state index in [0.29, 0.717) is 0 Å². The zero-order valence-corrected chi connectivity index (χ0v) is 5.59. The molecule has 0 aromatic heterocycles. The van der Waals surface area contributed by atoms with E-state index in [-0.39, 0.29) is 0 Å². The Morgan fingerprint density at radius 3 is 2.56 bits per heavy atom. The molecule has 0 radical (unpaired) electrons. The van der Waals surface area contributed by atoms with Crippen molar-refractivity contribution >= 4 is 0 Å². The van der Waals surface area contributed by atoms with Gasteiger partial charge in [-0.2, -0.15) is 5.26 Å². The topological polar surface area (TPSA) is 63.5 Å². The van der Waals surface area contributed by atoms with Crippen molar-refractivity contribution in [2.24, 2.45) is 0 Å². The quantitative estimate of drug-likeness (QED) is 0.415. The fourth-order valence-electron chi connectivity index (χ4n) is 0.291. The number of allylic oxidation sites excluding steroid dienone is 1. The molecule has 0 heterocycles. The van der Waals surface area contributed by atoms with E-state index in [2.05, 4.69) is 0 Å². The summed E-state index contributed by atoms with van der Waals surface area (Å²) in [5, 5.41) is 18.2. The molecule has 0 aliphatic rings. The summed E-state index contributed by atoms with van der Waals surface area (Å²) in [7, 11) is 0. The fraction of sp³-hybridized carbons (Fsp3) is 0.500. The van der Waals surface area contributed by atoms with Crippen LogP contribution in [0.4, 0.5) is 0 Å². The summed E-state index contributed by atoms with van der Waals surface area (Å²) in [6, 6.07) is 1.82. The van der Waals surface area contributed by atoms with Crippen LogP contribution in [0.25, 0.3) is 0 Å². The van der Waals surface area contributed by atoms with Crippen molar-refractivity contribution < 1.29 is 5.48 Å². The molecule has 0 saturated heterocycles. The standard InChI is InChI=1S/C6H10N2O/c1-6(2,8-9)4-3-5-7/h3-4H,8H2,1-2H3. The first kappa shape index (κ1) is 8.15. The van der Waals surface area contributed by atoms with Crippen LogP contribution >= 0.6 is 0 Å². The van der Waals surface area contributed by atoms with Crippen LogP contribution in [0.1, 0.15) is 13.8 Å². The molecule has 3 heteroatoms. The van der Waals surface area contributed by atoms with E-state index in [0.717, 1.165) is 5.48 Å². The van der Waals surface area contributed by atoms with Gasteiger partial charge in [0.25, 0.3) is 0 Å². The van der Waals surface area contributed by atoms with Gasteiger partial charge in [0.05, 0.1) is 6.07 Å². The zero-order valence-electron chi connectivity index (χ0n) is 5.59. The molecule has 0 aliphatic heterocycles. The van der Waals surface area contributed by atoms with Crippen molar-refractivity contribution in [2.75, 3.05) is 0 Å².